The number of ketones is 1. The topological polar surface area (TPSA) is 122 Å². The fourth-order valence-corrected chi connectivity index (χ4v) is 6.23. The molecule has 42 heavy (non-hydrogen) atoms. The van der Waals surface area contributed by atoms with E-state index in [0.717, 1.165) is 36.6 Å². The molecule has 3 N–H and O–H groups in total. The molecule has 0 aliphatic heterocycles. The summed E-state index contributed by atoms with van der Waals surface area (Å²) in [6, 6.07) is 7.85. The molecule has 4 atom stereocenters. The van der Waals surface area contributed by atoms with Crippen LogP contribution in [-0.2, 0) is 16.8 Å². The highest BCUT2D eigenvalue weighted by Gasteiger charge is 2.38. The number of rotatable bonds is 9. The Labute approximate surface area is 242 Å². The number of halogens is 3. The average molecular weight is 579 g/mol. The van der Waals surface area contributed by atoms with E-state index in [1.54, 1.807) is 12.4 Å². The van der Waals surface area contributed by atoms with Gasteiger partial charge in [0.25, 0.3) is 0 Å². The van der Waals surface area contributed by atoms with E-state index in [9.17, 15) is 14.3 Å². The summed E-state index contributed by atoms with van der Waals surface area (Å²) in [5, 5.41) is 19.3. The molecule has 2 fully saturated rings. The van der Waals surface area contributed by atoms with Crippen LogP contribution in [0.2, 0.25) is 0 Å². The number of ether oxygens (including phenoxy) is 1. The first-order chi connectivity index (χ1) is 20.1. The molecule has 3 aromatic rings. The Balaban J connectivity index is 1.37. The monoisotopic (exact) mass is 578 g/mol. The van der Waals surface area contributed by atoms with E-state index in [4.69, 9.17) is 15.7 Å². The van der Waals surface area contributed by atoms with Gasteiger partial charge in [-0.05, 0) is 91.0 Å². The number of hydrogen-bond donors (Lipinski definition) is 2. The Bertz CT molecular complexity index is 1490. The van der Waals surface area contributed by atoms with Crippen molar-refractivity contribution in [1.82, 2.24) is 9.97 Å². The van der Waals surface area contributed by atoms with Crippen molar-refractivity contribution < 1.29 is 27.8 Å². The standard InChI is InChI=1S/C32H33F3N4O3/c1-18-12-19(13-26(37)31(18)42-11-3-9-36)22-6-10-38-17-20(22)14-28(40)27-5-4-23(33)30(39-27)29-24(34)15-21(16-25(29)35)32(41)7-2-8-32/h4-6,10,15-19,26,31,41H,2-3,7-8,11-14,37H2,1H3/t18-,19+,26+,31-/m0/s1. The number of aromatic nitrogens is 2. The first-order valence-corrected chi connectivity index (χ1v) is 14.2. The van der Waals surface area contributed by atoms with E-state index in [1.165, 1.54) is 6.07 Å². The summed E-state index contributed by atoms with van der Waals surface area (Å²) in [5.41, 5.74) is 5.42. The highest BCUT2D eigenvalue weighted by Crippen LogP contribution is 2.43. The molecule has 0 unspecified atom stereocenters. The smallest absolute Gasteiger partial charge is 0.185 e. The lowest BCUT2D eigenvalue weighted by molar-refractivity contribution is -0.0392. The minimum absolute atomic E-state index is 0.0422. The molecule has 0 amide bonds. The van der Waals surface area contributed by atoms with Crippen molar-refractivity contribution in [2.75, 3.05) is 6.61 Å². The minimum atomic E-state index is -1.29. The molecular formula is C32H33F3N4O3. The molecule has 1 aromatic carbocycles. The van der Waals surface area contributed by atoms with Gasteiger partial charge >= 0.3 is 0 Å². The van der Waals surface area contributed by atoms with Crippen LogP contribution in [0.3, 0.4) is 0 Å². The predicted octanol–water partition coefficient (Wildman–Crippen LogP) is 5.50. The van der Waals surface area contributed by atoms with Crippen LogP contribution >= 0.6 is 0 Å². The second-order valence-corrected chi connectivity index (χ2v) is 11.5. The van der Waals surface area contributed by atoms with Gasteiger partial charge in [0.2, 0.25) is 0 Å². The van der Waals surface area contributed by atoms with Crippen molar-refractivity contribution >= 4 is 5.78 Å². The van der Waals surface area contributed by atoms with E-state index in [2.05, 4.69) is 23.0 Å². The molecule has 0 bridgehead atoms. The largest absolute Gasteiger partial charge is 0.385 e. The quantitative estimate of drug-likeness (QED) is 0.254. The molecule has 5 rings (SSSR count). The number of pyridine rings is 2. The van der Waals surface area contributed by atoms with Crippen LogP contribution in [0.4, 0.5) is 13.2 Å². The lowest BCUT2D eigenvalue weighted by Crippen LogP contribution is -2.46. The number of carbonyl (C=O) groups is 1. The maximum atomic E-state index is 15.1. The van der Waals surface area contributed by atoms with E-state index < -0.39 is 40.1 Å². The van der Waals surface area contributed by atoms with Crippen LogP contribution in [0, 0.1) is 34.7 Å². The highest BCUT2D eigenvalue weighted by molar-refractivity contribution is 5.96. The molecule has 2 aromatic heterocycles. The Kier molecular flexibility index (Phi) is 8.73. The summed E-state index contributed by atoms with van der Waals surface area (Å²) in [6.07, 6.45) is 6.18. The summed E-state index contributed by atoms with van der Waals surface area (Å²) >= 11 is 0. The van der Waals surface area contributed by atoms with Crippen molar-refractivity contribution in [3.8, 4) is 17.3 Å². The fraction of sp³-hybridized carbons (Fsp3) is 0.438. The molecule has 0 saturated heterocycles. The van der Waals surface area contributed by atoms with Gasteiger partial charge < -0.3 is 15.6 Å². The van der Waals surface area contributed by atoms with Crippen molar-refractivity contribution in [3.63, 3.8) is 0 Å². The number of benzene rings is 1. The van der Waals surface area contributed by atoms with Gasteiger partial charge in [0.15, 0.2) is 5.78 Å². The van der Waals surface area contributed by atoms with Crippen molar-refractivity contribution in [3.05, 3.63) is 82.6 Å². The van der Waals surface area contributed by atoms with Crippen molar-refractivity contribution in [2.45, 2.75) is 75.5 Å². The zero-order valence-corrected chi connectivity index (χ0v) is 23.3. The Morgan fingerprint density at radius 1 is 1.17 bits per heavy atom. The summed E-state index contributed by atoms with van der Waals surface area (Å²) in [7, 11) is 0. The normalized spacial score (nSPS) is 23.2. The fourth-order valence-electron chi connectivity index (χ4n) is 6.23. The average Bonchev–Trinajstić information content (AvgIpc) is 2.94. The molecule has 220 valence electrons. The highest BCUT2D eigenvalue weighted by atomic mass is 19.1. The van der Waals surface area contributed by atoms with E-state index in [0.29, 0.717) is 37.9 Å². The van der Waals surface area contributed by atoms with Crippen LogP contribution in [0.5, 0.6) is 0 Å². The number of nitriles is 1. The second kappa shape index (κ2) is 12.3. The minimum Gasteiger partial charge on any atom is -0.385 e. The van der Waals surface area contributed by atoms with Crippen molar-refractivity contribution in [1.29, 1.82) is 5.26 Å². The second-order valence-electron chi connectivity index (χ2n) is 11.5. The van der Waals surface area contributed by atoms with Crippen LogP contribution in [0.15, 0.2) is 42.7 Å². The molecule has 2 aliphatic carbocycles. The molecule has 10 heteroatoms. The Morgan fingerprint density at radius 2 is 1.90 bits per heavy atom. The summed E-state index contributed by atoms with van der Waals surface area (Å²) < 4.78 is 50.9. The van der Waals surface area contributed by atoms with Crippen molar-refractivity contribution in [2.24, 2.45) is 11.7 Å². The number of carbonyl (C=O) groups excluding carboxylic acids is 1. The third-order valence-electron chi connectivity index (χ3n) is 8.58. The van der Waals surface area contributed by atoms with Gasteiger partial charge in [0, 0.05) is 24.9 Å². The van der Waals surface area contributed by atoms with Crippen LogP contribution in [-0.4, -0.2) is 39.6 Å². The lowest BCUT2D eigenvalue weighted by Gasteiger charge is -2.39. The van der Waals surface area contributed by atoms with Crippen LogP contribution in [0.1, 0.15) is 78.5 Å². The molecule has 0 radical (unpaired) electrons. The molecular weight excluding hydrogens is 545 g/mol. The summed E-state index contributed by atoms with van der Waals surface area (Å²) in [5.74, 6) is -3.39. The van der Waals surface area contributed by atoms with Crippen LogP contribution in [0.25, 0.3) is 11.3 Å². The maximum absolute atomic E-state index is 15.1. The van der Waals surface area contributed by atoms with E-state index in [-0.39, 0.29) is 41.7 Å². The van der Waals surface area contributed by atoms with Gasteiger partial charge in [0.05, 0.1) is 36.4 Å². The van der Waals surface area contributed by atoms with Gasteiger partial charge in [-0.15, -0.1) is 0 Å². The zero-order chi connectivity index (χ0) is 30.0. The molecule has 2 heterocycles. The number of nitrogens with two attached hydrogens (primary N) is 1. The number of Topliss-reactive ketones (excluding diaryl/α,β-unsaturated/α-hetero) is 1. The van der Waals surface area contributed by atoms with Crippen LogP contribution < -0.4 is 5.73 Å². The first-order valence-electron chi connectivity index (χ1n) is 14.2. The first kappa shape index (κ1) is 29.8. The van der Waals surface area contributed by atoms with Gasteiger partial charge in [-0.2, -0.15) is 5.26 Å². The molecule has 2 saturated carbocycles. The van der Waals surface area contributed by atoms with Gasteiger partial charge in [0.1, 0.15) is 28.8 Å². The summed E-state index contributed by atoms with van der Waals surface area (Å²) in [6.45, 7) is 2.38. The Hall–Kier alpha value is -3.65. The van der Waals surface area contributed by atoms with E-state index in [1.807, 2.05) is 6.07 Å². The molecule has 0 spiro atoms. The van der Waals surface area contributed by atoms with Gasteiger partial charge in [-0.25, -0.2) is 18.2 Å². The predicted molar refractivity (Wildman–Crippen MR) is 149 cm³/mol. The maximum Gasteiger partial charge on any atom is 0.185 e. The number of hydrogen-bond acceptors (Lipinski definition) is 7. The zero-order valence-electron chi connectivity index (χ0n) is 23.3. The SMILES string of the molecule is C[C@H]1C[C@@H](c2ccncc2CC(=O)c2ccc(F)c(-c3c(F)cc(C4(O)CCC4)cc3F)n2)C[C@@H](N)[C@H]1OCCC#N. The lowest BCUT2D eigenvalue weighted by atomic mass is 9.73. The third-order valence-corrected chi connectivity index (χ3v) is 8.58. The van der Waals surface area contributed by atoms with E-state index >= 15 is 8.78 Å². The van der Waals surface area contributed by atoms with Gasteiger partial charge in [-0.1, -0.05) is 6.92 Å². The number of nitrogens with zero attached hydrogens (tertiary/aromatic N) is 3. The van der Waals surface area contributed by atoms with Gasteiger partial charge in [-0.3, -0.25) is 9.78 Å². The molecule has 7 nitrogen and oxygen atoms in total. The molecule has 2 aliphatic rings. The Morgan fingerprint density at radius 3 is 2.55 bits per heavy atom. The third kappa shape index (κ3) is 5.95. The summed E-state index contributed by atoms with van der Waals surface area (Å²) in [4.78, 5) is 21.6. The number of aliphatic hydroxyl groups is 1.